The van der Waals surface area contributed by atoms with Gasteiger partial charge in [-0.15, -0.1) is 0 Å². The molecule has 4 rings (SSSR count). The van der Waals surface area contributed by atoms with Crippen LogP contribution in [0.4, 0.5) is 0 Å². The molecule has 1 saturated carbocycles. The summed E-state index contributed by atoms with van der Waals surface area (Å²) in [4.78, 5) is 0.477. The van der Waals surface area contributed by atoms with E-state index in [1.165, 1.54) is 12.8 Å². The fraction of sp³-hybridized carbons (Fsp3) is 0.368. The summed E-state index contributed by atoms with van der Waals surface area (Å²) in [6, 6.07) is 13.3. The molecule has 2 aromatic carbocycles. The Morgan fingerprint density at radius 2 is 1.65 bits per heavy atom. The summed E-state index contributed by atoms with van der Waals surface area (Å²) in [5, 5.41) is 0. The molecule has 0 spiro atoms. The van der Waals surface area contributed by atoms with Gasteiger partial charge in [0.15, 0.2) is 9.84 Å². The van der Waals surface area contributed by atoms with Gasteiger partial charge in [0.1, 0.15) is 11.5 Å². The molecule has 1 atom stereocenters. The van der Waals surface area contributed by atoms with Gasteiger partial charge in [0.25, 0.3) is 0 Å². The lowest BCUT2D eigenvalue weighted by molar-refractivity contribution is 0.476. The Bertz CT molecular complexity index is 833. The van der Waals surface area contributed by atoms with Gasteiger partial charge < -0.3 is 4.74 Å². The third-order valence-corrected chi connectivity index (χ3v) is 6.66. The van der Waals surface area contributed by atoms with E-state index in [1.807, 2.05) is 43.3 Å². The van der Waals surface area contributed by atoms with Crippen molar-refractivity contribution >= 4 is 9.84 Å². The average Bonchev–Trinajstić information content (AvgIpc) is 3.35. The zero-order valence-corrected chi connectivity index (χ0v) is 14.0. The van der Waals surface area contributed by atoms with Gasteiger partial charge in [0.05, 0.1) is 10.6 Å². The zero-order valence-electron chi connectivity index (χ0n) is 13.2. The predicted octanol–water partition coefficient (Wildman–Crippen LogP) is 4.46. The van der Waals surface area contributed by atoms with E-state index in [0.717, 1.165) is 23.3 Å². The van der Waals surface area contributed by atoms with Crippen LogP contribution in [0.1, 0.15) is 36.3 Å². The summed E-state index contributed by atoms with van der Waals surface area (Å²) in [6.45, 7) is 2.02. The summed E-state index contributed by atoms with van der Waals surface area (Å²) in [6.07, 6.45) is 3.22. The van der Waals surface area contributed by atoms with Gasteiger partial charge in [-0.05, 0) is 67.9 Å². The van der Waals surface area contributed by atoms with E-state index in [-0.39, 0.29) is 5.75 Å². The van der Waals surface area contributed by atoms with Crippen molar-refractivity contribution in [3.05, 3.63) is 53.6 Å². The van der Waals surface area contributed by atoms with Crippen LogP contribution in [-0.2, 0) is 9.84 Å². The fourth-order valence-corrected chi connectivity index (χ4v) is 5.09. The summed E-state index contributed by atoms with van der Waals surface area (Å²) >= 11 is 0. The highest BCUT2D eigenvalue weighted by molar-refractivity contribution is 7.91. The zero-order chi connectivity index (χ0) is 16.0. The van der Waals surface area contributed by atoms with Crippen LogP contribution >= 0.6 is 0 Å². The number of sulfone groups is 1. The SMILES string of the molecule is Cc1ccc(Oc2ccc3c(c2)S(=O)(=O)CCC3C2CC2)cc1. The summed E-state index contributed by atoms with van der Waals surface area (Å²) in [5.41, 5.74) is 2.16. The van der Waals surface area contributed by atoms with E-state index in [2.05, 4.69) is 0 Å². The number of ether oxygens (including phenoxy) is 1. The van der Waals surface area contributed by atoms with Crippen LogP contribution in [0.3, 0.4) is 0 Å². The lowest BCUT2D eigenvalue weighted by Crippen LogP contribution is -2.21. The third-order valence-electron chi connectivity index (χ3n) is 4.86. The van der Waals surface area contributed by atoms with Crippen LogP contribution in [-0.4, -0.2) is 14.2 Å². The van der Waals surface area contributed by atoms with Gasteiger partial charge in [-0.25, -0.2) is 8.42 Å². The lowest BCUT2D eigenvalue weighted by atomic mass is 9.91. The molecule has 23 heavy (non-hydrogen) atoms. The Labute approximate surface area is 137 Å². The molecule has 1 fully saturated rings. The fourth-order valence-electron chi connectivity index (χ4n) is 3.43. The van der Waals surface area contributed by atoms with Crippen molar-refractivity contribution in [1.82, 2.24) is 0 Å². The highest BCUT2D eigenvalue weighted by Gasteiger charge is 2.39. The van der Waals surface area contributed by atoms with E-state index < -0.39 is 9.84 Å². The second-order valence-electron chi connectivity index (χ2n) is 6.67. The van der Waals surface area contributed by atoms with Gasteiger partial charge in [-0.2, -0.15) is 0 Å². The second-order valence-corrected chi connectivity index (χ2v) is 8.74. The first kappa shape index (κ1) is 14.8. The quantitative estimate of drug-likeness (QED) is 0.835. The van der Waals surface area contributed by atoms with Crippen LogP contribution in [0.25, 0.3) is 0 Å². The minimum absolute atomic E-state index is 0.259. The van der Waals surface area contributed by atoms with E-state index >= 15 is 0 Å². The lowest BCUT2D eigenvalue weighted by Gasteiger charge is -2.25. The van der Waals surface area contributed by atoms with Gasteiger partial charge in [0.2, 0.25) is 0 Å². The highest BCUT2D eigenvalue weighted by Crippen LogP contribution is 2.49. The Balaban J connectivity index is 1.69. The molecule has 1 unspecified atom stereocenters. The molecule has 0 amide bonds. The highest BCUT2D eigenvalue weighted by atomic mass is 32.2. The molecule has 2 aromatic rings. The Morgan fingerprint density at radius 1 is 0.957 bits per heavy atom. The Kier molecular flexibility index (Phi) is 3.45. The molecule has 120 valence electrons. The molecular formula is C19H20O3S. The first-order valence-electron chi connectivity index (χ1n) is 8.14. The molecule has 1 aliphatic carbocycles. The predicted molar refractivity (Wildman–Crippen MR) is 89.8 cm³/mol. The third kappa shape index (κ3) is 2.88. The minimum Gasteiger partial charge on any atom is -0.457 e. The van der Waals surface area contributed by atoms with Crippen molar-refractivity contribution in [3.8, 4) is 11.5 Å². The number of benzene rings is 2. The van der Waals surface area contributed by atoms with E-state index in [4.69, 9.17) is 4.74 Å². The topological polar surface area (TPSA) is 43.4 Å². The van der Waals surface area contributed by atoms with Crippen molar-refractivity contribution in [3.63, 3.8) is 0 Å². The van der Waals surface area contributed by atoms with Crippen molar-refractivity contribution in [2.45, 2.75) is 37.0 Å². The summed E-state index contributed by atoms with van der Waals surface area (Å²) in [7, 11) is -3.18. The average molecular weight is 328 g/mol. The van der Waals surface area contributed by atoms with E-state index in [9.17, 15) is 8.42 Å². The number of fused-ring (bicyclic) bond motifs is 1. The molecule has 0 radical (unpaired) electrons. The van der Waals surface area contributed by atoms with Crippen LogP contribution in [0, 0.1) is 12.8 Å². The second kappa shape index (κ2) is 5.38. The molecule has 2 aliphatic rings. The van der Waals surface area contributed by atoms with Crippen molar-refractivity contribution < 1.29 is 13.2 Å². The Hall–Kier alpha value is -1.81. The maximum absolute atomic E-state index is 12.5. The first-order valence-corrected chi connectivity index (χ1v) is 9.79. The number of aryl methyl sites for hydroxylation is 1. The maximum atomic E-state index is 12.5. The summed E-state index contributed by atoms with van der Waals surface area (Å²) in [5.74, 6) is 2.65. The monoisotopic (exact) mass is 328 g/mol. The standard InChI is InChI=1S/C19H20O3S/c1-13-2-6-15(7-3-13)22-16-8-9-18-17(14-4-5-14)10-11-23(20,21)19(18)12-16/h2-3,6-9,12,14,17H,4-5,10-11H2,1H3. The molecule has 1 heterocycles. The van der Waals surface area contributed by atoms with E-state index in [1.54, 1.807) is 6.07 Å². The number of rotatable bonds is 3. The maximum Gasteiger partial charge on any atom is 0.178 e. The molecule has 0 saturated heterocycles. The van der Waals surface area contributed by atoms with Crippen LogP contribution in [0.5, 0.6) is 11.5 Å². The van der Waals surface area contributed by atoms with Crippen LogP contribution < -0.4 is 4.74 Å². The largest absolute Gasteiger partial charge is 0.457 e. The van der Waals surface area contributed by atoms with Crippen LogP contribution in [0.2, 0.25) is 0 Å². The summed E-state index contributed by atoms with van der Waals surface area (Å²) < 4.78 is 30.8. The molecule has 0 N–H and O–H groups in total. The van der Waals surface area contributed by atoms with Crippen molar-refractivity contribution in [2.75, 3.05) is 5.75 Å². The molecular weight excluding hydrogens is 308 g/mol. The molecule has 0 aromatic heterocycles. The van der Waals surface area contributed by atoms with Gasteiger partial charge in [-0.3, -0.25) is 0 Å². The van der Waals surface area contributed by atoms with Gasteiger partial charge in [0, 0.05) is 0 Å². The Morgan fingerprint density at radius 3 is 2.35 bits per heavy atom. The molecule has 3 nitrogen and oxygen atoms in total. The van der Waals surface area contributed by atoms with Crippen LogP contribution in [0.15, 0.2) is 47.4 Å². The molecule has 1 aliphatic heterocycles. The van der Waals surface area contributed by atoms with Gasteiger partial charge >= 0.3 is 0 Å². The van der Waals surface area contributed by atoms with Crippen molar-refractivity contribution in [1.29, 1.82) is 0 Å². The normalized spacial score (nSPS) is 22.4. The molecule has 0 bridgehead atoms. The first-order chi connectivity index (χ1) is 11.0. The van der Waals surface area contributed by atoms with Gasteiger partial charge in [-0.1, -0.05) is 23.8 Å². The number of hydrogen-bond donors (Lipinski definition) is 0. The molecule has 4 heteroatoms. The number of hydrogen-bond acceptors (Lipinski definition) is 3. The smallest absolute Gasteiger partial charge is 0.178 e. The van der Waals surface area contributed by atoms with E-state index in [0.29, 0.717) is 22.5 Å². The van der Waals surface area contributed by atoms with Crippen molar-refractivity contribution in [2.24, 2.45) is 5.92 Å². The minimum atomic E-state index is -3.18.